The Morgan fingerprint density at radius 3 is 2.87 bits per heavy atom. The van der Waals surface area contributed by atoms with Crippen LogP contribution < -0.4 is 14.8 Å². The molecule has 23 heavy (non-hydrogen) atoms. The molecule has 0 bridgehead atoms. The van der Waals surface area contributed by atoms with E-state index in [0.717, 1.165) is 11.3 Å². The van der Waals surface area contributed by atoms with Gasteiger partial charge in [-0.15, -0.1) is 0 Å². The molecule has 0 fully saturated rings. The number of amides is 1. The number of benzene rings is 1. The van der Waals surface area contributed by atoms with Gasteiger partial charge in [-0.3, -0.25) is 14.7 Å². The number of fused-ring (bicyclic) bond motifs is 2. The average molecular weight is 313 g/mol. The van der Waals surface area contributed by atoms with Crippen molar-refractivity contribution in [1.29, 1.82) is 0 Å². The molecule has 2 aromatic rings. The molecule has 0 aliphatic carbocycles. The van der Waals surface area contributed by atoms with Crippen molar-refractivity contribution in [2.75, 3.05) is 18.5 Å². The van der Waals surface area contributed by atoms with E-state index >= 15 is 0 Å². The Labute approximate surface area is 132 Å². The molecular formula is C16H15N3O4. The maximum Gasteiger partial charge on any atom is 0.226 e. The zero-order valence-corrected chi connectivity index (χ0v) is 12.5. The number of ether oxygens (including phenoxy) is 2. The Morgan fingerprint density at radius 2 is 2.04 bits per heavy atom. The van der Waals surface area contributed by atoms with Gasteiger partial charge in [-0.2, -0.15) is 5.10 Å². The third-order valence-corrected chi connectivity index (χ3v) is 4.13. The van der Waals surface area contributed by atoms with E-state index in [-0.39, 0.29) is 18.1 Å². The Morgan fingerprint density at radius 1 is 1.26 bits per heavy atom. The van der Waals surface area contributed by atoms with Crippen molar-refractivity contribution in [2.24, 2.45) is 0 Å². The topological polar surface area (TPSA) is 93.3 Å². The molecular weight excluding hydrogens is 298 g/mol. The van der Waals surface area contributed by atoms with Gasteiger partial charge in [0.2, 0.25) is 5.91 Å². The monoisotopic (exact) mass is 313 g/mol. The van der Waals surface area contributed by atoms with Crippen LogP contribution in [0.1, 0.15) is 34.0 Å². The number of aromatic amines is 1. The molecule has 0 saturated carbocycles. The lowest BCUT2D eigenvalue weighted by Gasteiger charge is -2.23. The van der Waals surface area contributed by atoms with Gasteiger partial charge in [0.15, 0.2) is 23.1 Å². The SMILES string of the molecule is Cc1[nH]nc2c1[C@H](C(=O)c1ccc3c(c1)OCCO3)CC(=O)N2. The van der Waals surface area contributed by atoms with E-state index in [1.54, 1.807) is 18.2 Å². The lowest BCUT2D eigenvalue weighted by atomic mass is 9.85. The number of nitrogens with one attached hydrogen (secondary N) is 2. The first kappa shape index (κ1) is 13.8. The number of carbonyl (C=O) groups is 2. The molecule has 1 amide bonds. The van der Waals surface area contributed by atoms with Crippen molar-refractivity contribution in [3.63, 3.8) is 0 Å². The number of hydrogen-bond acceptors (Lipinski definition) is 5. The minimum absolute atomic E-state index is 0.112. The van der Waals surface area contributed by atoms with E-state index in [1.807, 2.05) is 6.92 Å². The number of anilines is 1. The highest BCUT2D eigenvalue weighted by Crippen LogP contribution is 2.37. The molecule has 1 atom stereocenters. The number of rotatable bonds is 2. The molecule has 1 aromatic heterocycles. The second kappa shape index (κ2) is 5.12. The van der Waals surface area contributed by atoms with Gasteiger partial charge in [-0.1, -0.05) is 0 Å². The molecule has 1 aromatic carbocycles. The Kier molecular flexibility index (Phi) is 3.07. The number of hydrogen-bond donors (Lipinski definition) is 2. The first-order valence-electron chi connectivity index (χ1n) is 7.42. The average Bonchev–Trinajstić information content (AvgIpc) is 2.94. The van der Waals surface area contributed by atoms with Gasteiger partial charge in [0, 0.05) is 23.2 Å². The van der Waals surface area contributed by atoms with E-state index in [2.05, 4.69) is 15.5 Å². The highest BCUT2D eigenvalue weighted by Gasteiger charge is 2.35. The number of nitrogens with zero attached hydrogens (tertiary/aromatic N) is 1. The number of carbonyl (C=O) groups excluding carboxylic acids is 2. The quantitative estimate of drug-likeness (QED) is 0.825. The largest absolute Gasteiger partial charge is 0.486 e. The Hall–Kier alpha value is -2.83. The molecule has 2 aliphatic heterocycles. The van der Waals surface area contributed by atoms with E-state index in [9.17, 15) is 9.59 Å². The van der Waals surface area contributed by atoms with Gasteiger partial charge in [0.05, 0.1) is 5.92 Å². The van der Waals surface area contributed by atoms with Crippen LogP contribution in [0, 0.1) is 6.92 Å². The number of ketones is 1. The summed E-state index contributed by atoms with van der Waals surface area (Å²) in [6.07, 6.45) is 0.112. The van der Waals surface area contributed by atoms with Gasteiger partial charge < -0.3 is 14.8 Å². The second-order valence-electron chi connectivity index (χ2n) is 5.64. The van der Waals surface area contributed by atoms with E-state index in [0.29, 0.717) is 36.1 Å². The van der Waals surface area contributed by atoms with Crippen molar-refractivity contribution in [3.05, 3.63) is 35.0 Å². The molecule has 4 rings (SSSR count). The minimum Gasteiger partial charge on any atom is -0.486 e. The van der Waals surface area contributed by atoms with Gasteiger partial charge >= 0.3 is 0 Å². The molecule has 0 spiro atoms. The first-order valence-corrected chi connectivity index (χ1v) is 7.42. The maximum absolute atomic E-state index is 12.9. The summed E-state index contributed by atoms with van der Waals surface area (Å²) in [5, 5.41) is 9.56. The predicted octanol–water partition coefficient (Wildman–Crippen LogP) is 1.80. The zero-order chi connectivity index (χ0) is 16.0. The highest BCUT2D eigenvalue weighted by molar-refractivity contribution is 6.08. The molecule has 0 radical (unpaired) electrons. The fourth-order valence-corrected chi connectivity index (χ4v) is 3.05. The van der Waals surface area contributed by atoms with Gasteiger partial charge in [0.1, 0.15) is 13.2 Å². The third kappa shape index (κ3) is 2.25. The smallest absolute Gasteiger partial charge is 0.226 e. The first-order chi connectivity index (χ1) is 11.1. The number of Topliss-reactive ketones (excluding diaryl/α,β-unsaturated/α-hetero) is 1. The molecule has 118 valence electrons. The highest BCUT2D eigenvalue weighted by atomic mass is 16.6. The van der Waals surface area contributed by atoms with E-state index in [1.165, 1.54) is 0 Å². The summed E-state index contributed by atoms with van der Waals surface area (Å²) >= 11 is 0. The van der Waals surface area contributed by atoms with Gasteiger partial charge in [-0.05, 0) is 25.1 Å². The van der Waals surface area contributed by atoms with Gasteiger partial charge in [0.25, 0.3) is 0 Å². The lowest BCUT2D eigenvalue weighted by Crippen LogP contribution is -2.27. The normalized spacial score (nSPS) is 19.0. The van der Waals surface area contributed by atoms with Crippen LogP contribution in [0.2, 0.25) is 0 Å². The molecule has 3 heterocycles. The summed E-state index contributed by atoms with van der Waals surface area (Å²) in [7, 11) is 0. The van der Waals surface area contributed by atoms with Crippen molar-refractivity contribution >= 4 is 17.5 Å². The molecule has 2 N–H and O–H groups in total. The van der Waals surface area contributed by atoms with Crippen molar-refractivity contribution < 1.29 is 19.1 Å². The standard InChI is InChI=1S/C16H15N3O4/c1-8-14-10(7-13(20)17-16(14)19-18-8)15(21)9-2-3-11-12(6-9)23-5-4-22-11/h2-3,6,10H,4-5,7H2,1H3,(H2,17,18,19,20)/t10-/m1/s1. The second-order valence-corrected chi connectivity index (χ2v) is 5.64. The fourth-order valence-electron chi connectivity index (χ4n) is 3.05. The number of H-pyrrole nitrogens is 1. The molecule has 7 nitrogen and oxygen atoms in total. The van der Waals surface area contributed by atoms with Crippen molar-refractivity contribution in [2.45, 2.75) is 19.3 Å². The number of aromatic nitrogens is 2. The molecule has 0 unspecified atom stereocenters. The summed E-state index contributed by atoms with van der Waals surface area (Å²) in [5.74, 6) is 0.762. The maximum atomic E-state index is 12.9. The summed E-state index contributed by atoms with van der Waals surface area (Å²) < 4.78 is 11.0. The van der Waals surface area contributed by atoms with Crippen LogP contribution in [-0.2, 0) is 4.79 Å². The van der Waals surface area contributed by atoms with Crippen LogP contribution in [0.4, 0.5) is 5.82 Å². The van der Waals surface area contributed by atoms with Crippen LogP contribution in [0.5, 0.6) is 11.5 Å². The zero-order valence-electron chi connectivity index (χ0n) is 12.5. The summed E-state index contributed by atoms with van der Waals surface area (Å²) in [4.78, 5) is 24.8. The van der Waals surface area contributed by atoms with Crippen molar-refractivity contribution in [1.82, 2.24) is 10.2 Å². The third-order valence-electron chi connectivity index (χ3n) is 4.13. The summed E-state index contributed by atoms with van der Waals surface area (Å²) in [6, 6.07) is 5.11. The molecule has 7 heteroatoms. The molecule has 0 saturated heterocycles. The summed E-state index contributed by atoms with van der Waals surface area (Å²) in [6.45, 7) is 2.80. The fraction of sp³-hybridized carbons (Fsp3) is 0.312. The van der Waals surface area contributed by atoms with E-state index < -0.39 is 5.92 Å². The van der Waals surface area contributed by atoms with Crippen LogP contribution in [0.3, 0.4) is 0 Å². The van der Waals surface area contributed by atoms with Crippen molar-refractivity contribution in [3.8, 4) is 11.5 Å². The van der Waals surface area contributed by atoms with Crippen LogP contribution in [0.15, 0.2) is 18.2 Å². The van der Waals surface area contributed by atoms with Crippen LogP contribution in [0.25, 0.3) is 0 Å². The molecule has 2 aliphatic rings. The number of aryl methyl sites for hydroxylation is 1. The van der Waals surface area contributed by atoms with Crippen LogP contribution in [-0.4, -0.2) is 35.1 Å². The van der Waals surface area contributed by atoms with Crippen LogP contribution >= 0.6 is 0 Å². The Balaban J connectivity index is 1.72. The van der Waals surface area contributed by atoms with Gasteiger partial charge in [-0.25, -0.2) is 0 Å². The predicted molar refractivity (Wildman–Crippen MR) is 81.1 cm³/mol. The summed E-state index contributed by atoms with van der Waals surface area (Å²) in [5.41, 5.74) is 2.04. The lowest BCUT2D eigenvalue weighted by molar-refractivity contribution is -0.116. The minimum atomic E-state index is -0.542. The Bertz CT molecular complexity index is 812. The van der Waals surface area contributed by atoms with E-state index in [4.69, 9.17) is 9.47 Å².